The summed E-state index contributed by atoms with van der Waals surface area (Å²) in [6.45, 7) is 1.93. The first kappa shape index (κ1) is 11.2. The number of aliphatic carboxylic acids is 1. The molecular formula is C12H18N2O2. The first-order valence-corrected chi connectivity index (χ1v) is 5.92. The lowest BCUT2D eigenvalue weighted by Crippen LogP contribution is -2.05. The molecule has 0 bridgehead atoms. The minimum Gasteiger partial charge on any atom is -0.481 e. The number of rotatable bonds is 4. The van der Waals surface area contributed by atoms with E-state index in [1.54, 1.807) is 0 Å². The fraction of sp³-hybridized carbons (Fsp3) is 0.667. The molecule has 2 rings (SSSR count). The average molecular weight is 222 g/mol. The van der Waals surface area contributed by atoms with E-state index in [4.69, 9.17) is 5.11 Å². The van der Waals surface area contributed by atoms with Crippen molar-refractivity contribution in [2.45, 2.75) is 51.0 Å². The van der Waals surface area contributed by atoms with Gasteiger partial charge in [0.2, 0.25) is 0 Å². The van der Waals surface area contributed by atoms with E-state index in [1.165, 1.54) is 25.7 Å². The normalized spacial score (nSPS) is 18.8. The Bertz CT molecular complexity index is 367. The van der Waals surface area contributed by atoms with Crippen LogP contribution >= 0.6 is 0 Å². The molecule has 16 heavy (non-hydrogen) atoms. The van der Waals surface area contributed by atoms with Gasteiger partial charge in [0, 0.05) is 6.20 Å². The van der Waals surface area contributed by atoms with Gasteiger partial charge in [-0.25, -0.2) is 0 Å². The second-order valence-electron chi connectivity index (χ2n) is 4.69. The molecule has 0 spiro atoms. The van der Waals surface area contributed by atoms with Crippen molar-refractivity contribution < 1.29 is 9.90 Å². The van der Waals surface area contributed by atoms with E-state index < -0.39 is 5.97 Å². The minimum absolute atomic E-state index is 0.0488. The average Bonchev–Trinajstić information content (AvgIpc) is 2.87. The predicted molar refractivity (Wildman–Crippen MR) is 60.4 cm³/mol. The third-order valence-electron chi connectivity index (χ3n) is 3.37. The highest BCUT2D eigenvalue weighted by atomic mass is 16.4. The fourth-order valence-corrected chi connectivity index (χ4v) is 2.36. The van der Waals surface area contributed by atoms with Crippen LogP contribution in [0.15, 0.2) is 12.4 Å². The van der Waals surface area contributed by atoms with Crippen molar-refractivity contribution >= 4 is 5.97 Å². The summed E-state index contributed by atoms with van der Waals surface area (Å²) in [4.78, 5) is 10.6. The van der Waals surface area contributed by atoms with Gasteiger partial charge in [-0.3, -0.25) is 9.48 Å². The lowest BCUT2D eigenvalue weighted by atomic mass is 10.0. The van der Waals surface area contributed by atoms with Gasteiger partial charge in [0.25, 0.3) is 0 Å². The number of hydrogen-bond acceptors (Lipinski definition) is 2. The molecule has 0 radical (unpaired) electrons. The lowest BCUT2D eigenvalue weighted by molar-refractivity contribution is -0.137. The van der Waals surface area contributed by atoms with E-state index in [2.05, 4.69) is 5.10 Å². The van der Waals surface area contributed by atoms with Gasteiger partial charge in [0.15, 0.2) is 0 Å². The largest absolute Gasteiger partial charge is 0.481 e. The van der Waals surface area contributed by atoms with Gasteiger partial charge in [-0.05, 0) is 24.3 Å². The molecule has 0 aromatic carbocycles. The number of aromatic nitrogens is 2. The highest BCUT2D eigenvalue weighted by Gasteiger charge is 2.19. The van der Waals surface area contributed by atoms with Crippen LogP contribution in [0.25, 0.3) is 0 Å². The molecule has 1 saturated carbocycles. The monoisotopic (exact) mass is 222 g/mol. The zero-order chi connectivity index (χ0) is 11.5. The summed E-state index contributed by atoms with van der Waals surface area (Å²) in [5.74, 6) is -0.700. The smallest absolute Gasteiger partial charge is 0.303 e. The summed E-state index contributed by atoms with van der Waals surface area (Å²) in [7, 11) is 0. The van der Waals surface area contributed by atoms with E-state index in [0.717, 1.165) is 5.56 Å². The number of carbonyl (C=O) groups is 1. The summed E-state index contributed by atoms with van der Waals surface area (Å²) in [5.41, 5.74) is 1.04. The van der Waals surface area contributed by atoms with E-state index in [1.807, 2.05) is 24.0 Å². The molecule has 1 unspecified atom stereocenters. The molecule has 1 aromatic heterocycles. The SMILES string of the molecule is CC(CC(=O)O)c1cnn(C2CCCC2)c1. The van der Waals surface area contributed by atoms with Crippen molar-refractivity contribution in [3.63, 3.8) is 0 Å². The highest BCUT2D eigenvalue weighted by molar-refractivity contribution is 5.67. The topological polar surface area (TPSA) is 55.1 Å². The van der Waals surface area contributed by atoms with E-state index >= 15 is 0 Å². The molecular weight excluding hydrogens is 204 g/mol. The maximum atomic E-state index is 10.6. The van der Waals surface area contributed by atoms with Crippen LogP contribution in [0, 0.1) is 0 Å². The predicted octanol–water partition coefficient (Wildman–Crippen LogP) is 2.58. The number of nitrogens with zero attached hydrogens (tertiary/aromatic N) is 2. The quantitative estimate of drug-likeness (QED) is 0.851. The van der Waals surface area contributed by atoms with Crippen molar-refractivity contribution in [2.75, 3.05) is 0 Å². The Balaban J connectivity index is 2.03. The van der Waals surface area contributed by atoms with Gasteiger partial charge >= 0.3 is 5.97 Å². The van der Waals surface area contributed by atoms with Crippen LogP contribution in [-0.2, 0) is 4.79 Å². The van der Waals surface area contributed by atoms with Gasteiger partial charge in [-0.2, -0.15) is 5.10 Å². The maximum absolute atomic E-state index is 10.6. The van der Waals surface area contributed by atoms with E-state index in [-0.39, 0.29) is 12.3 Å². The van der Waals surface area contributed by atoms with Gasteiger partial charge in [-0.15, -0.1) is 0 Å². The summed E-state index contributed by atoms with van der Waals surface area (Å²) in [6, 6.07) is 0.533. The van der Waals surface area contributed by atoms with Crippen LogP contribution in [0.3, 0.4) is 0 Å². The Morgan fingerprint density at radius 2 is 2.31 bits per heavy atom. The molecule has 88 valence electrons. The van der Waals surface area contributed by atoms with Crippen LogP contribution in [0.2, 0.25) is 0 Å². The van der Waals surface area contributed by atoms with Gasteiger partial charge in [-0.1, -0.05) is 19.8 Å². The Morgan fingerprint density at radius 1 is 1.62 bits per heavy atom. The molecule has 1 aliphatic rings. The molecule has 4 heteroatoms. The number of carboxylic acids is 1. The molecule has 4 nitrogen and oxygen atoms in total. The van der Waals surface area contributed by atoms with E-state index in [9.17, 15) is 4.79 Å². The summed E-state index contributed by atoms with van der Waals surface area (Å²) in [5, 5.41) is 13.1. The number of hydrogen-bond donors (Lipinski definition) is 1. The Hall–Kier alpha value is -1.32. The van der Waals surface area contributed by atoms with E-state index in [0.29, 0.717) is 6.04 Å². The van der Waals surface area contributed by atoms with Crippen LogP contribution in [0.1, 0.15) is 56.6 Å². The summed E-state index contributed by atoms with van der Waals surface area (Å²) in [6.07, 6.45) is 8.98. The molecule has 0 saturated heterocycles. The standard InChI is InChI=1S/C12H18N2O2/c1-9(6-12(15)16)10-7-13-14(8-10)11-4-2-3-5-11/h7-9,11H,2-6H2,1H3,(H,15,16). The summed E-state index contributed by atoms with van der Waals surface area (Å²) < 4.78 is 2.01. The van der Waals surface area contributed by atoms with Gasteiger partial charge < -0.3 is 5.11 Å². The zero-order valence-corrected chi connectivity index (χ0v) is 9.59. The highest BCUT2D eigenvalue weighted by Crippen LogP contribution is 2.30. The first-order chi connectivity index (χ1) is 7.66. The van der Waals surface area contributed by atoms with Crippen LogP contribution < -0.4 is 0 Å². The minimum atomic E-state index is -0.749. The zero-order valence-electron chi connectivity index (χ0n) is 9.59. The molecule has 1 atom stereocenters. The van der Waals surface area contributed by atoms with Crippen molar-refractivity contribution in [1.29, 1.82) is 0 Å². The third-order valence-corrected chi connectivity index (χ3v) is 3.37. The molecule has 1 aromatic rings. The van der Waals surface area contributed by atoms with Crippen molar-refractivity contribution in [3.8, 4) is 0 Å². The van der Waals surface area contributed by atoms with Crippen molar-refractivity contribution in [3.05, 3.63) is 18.0 Å². The first-order valence-electron chi connectivity index (χ1n) is 5.92. The maximum Gasteiger partial charge on any atom is 0.303 e. The van der Waals surface area contributed by atoms with Crippen LogP contribution in [0.5, 0.6) is 0 Å². The van der Waals surface area contributed by atoms with Gasteiger partial charge in [0.1, 0.15) is 0 Å². The Kier molecular flexibility index (Phi) is 3.27. The summed E-state index contributed by atoms with van der Waals surface area (Å²) >= 11 is 0. The lowest BCUT2D eigenvalue weighted by Gasteiger charge is -2.09. The fourth-order valence-electron chi connectivity index (χ4n) is 2.36. The Labute approximate surface area is 95.3 Å². The van der Waals surface area contributed by atoms with Crippen LogP contribution in [0.4, 0.5) is 0 Å². The van der Waals surface area contributed by atoms with Crippen LogP contribution in [-0.4, -0.2) is 20.9 Å². The molecule has 0 aliphatic heterocycles. The molecule has 1 fully saturated rings. The molecule has 0 amide bonds. The third kappa shape index (κ3) is 2.43. The van der Waals surface area contributed by atoms with Gasteiger partial charge in [0.05, 0.1) is 18.7 Å². The van der Waals surface area contributed by atoms with Crippen molar-refractivity contribution in [1.82, 2.24) is 9.78 Å². The molecule has 1 aliphatic carbocycles. The number of carboxylic acid groups (broad SMARTS) is 1. The molecule has 1 heterocycles. The second kappa shape index (κ2) is 4.68. The molecule has 1 N–H and O–H groups in total. The Morgan fingerprint density at radius 3 is 2.94 bits per heavy atom. The second-order valence-corrected chi connectivity index (χ2v) is 4.69. The van der Waals surface area contributed by atoms with Crippen molar-refractivity contribution in [2.24, 2.45) is 0 Å².